The van der Waals surface area contributed by atoms with Gasteiger partial charge in [0.15, 0.2) is 0 Å². The highest BCUT2D eigenvalue weighted by Gasteiger charge is 2.11. The lowest BCUT2D eigenvalue weighted by Crippen LogP contribution is -1.96. The number of aliphatic carboxylic acids is 1. The average Bonchev–Trinajstić information content (AvgIpc) is 2.48. The second-order valence-electron chi connectivity index (χ2n) is 4.29. The molecule has 0 fully saturated rings. The summed E-state index contributed by atoms with van der Waals surface area (Å²) < 4.78 is 5.20. The van der Waals surface area contributed by atoms with Crippen LogP contribution in [0.3, 0.4) is 0 Å². The van der Waals surface area contributed by atoms with Crippen LogP contribution in [-0.2, 0) is 11.2 Å². The third kappa shape index (κ3) is 2.87. The second kappa shape index (κ2) is 5.04. The molecule has 0 saturated carbocycles. The summed E-state index contributed by atoms with van der Waals surface area (Å²) >= 11 is 0. The Hall–Kier alpha value is -1.77. The molecule has 17 heavy (non-hydrogen) atoms. The van der Waals surface area contributed by atoms with Gasteiger partial charge >= 0.3 is 5.97 Å². The van der Waals surface area contributed by atoms with Crippen molar-refractivity contribution < 1.29 is 14.6 Å². The minimum atomic E-state index is -0.756. The van der Waals surface area contributed by atoms with E-state index in [9.17, 15) is 4.79 Å². The van der Waals surface area contributed by atoms with Gasteiger partial charge < -0.3 is 9.84 Å². The zero-order valence-electron chi connectivity index (χ0n) is 9.90. The number of aryl methyl sites for hydroxylation is 1. The van der Waals surface area contributed by atoms with Crippen LogP contribution in [0.5, 0.6) is 5.75 Å². The van der Waals surface area contributed by atoms with E-state index >= 15 is 0 Å². The van der Waals surface area contributed by atoms with Crippen molar-refractivity contribution in [3.05, 3.63) is 34.9 Å². The molecule has 3 heteroatoms. The molecule has 3 nitrogen and oxygen atoms in total. The predicted octanol–water partition coefficient (Wildman–Crippen LogP) is 2.89. The van der Waals surface area contributed by atoms with E-state index in [1.807, 2.05) is 24.3 Å². The Bertz CT molecular complexity index is 461. The van der Waals surface area contributed by atoms with Crippen molar-refractivity contribution in [2.24, 2.45) is 0 Å². The van der Waals surface area contributed by atoms with E-state index in [2.05, 4.69) is 0 Å². The largest absolute Gasteiger partial charge is 0.497 e. The number of methoxy groups -OCH3 is 1. The zero-order chi connectivity index (χ0) is 12.3. The molecule has 1 aromatic rings. The Morgan fingerprint density at radius 3 is 2.94 bits per heavy atom. The van der Waals surface area contributed by atoms with Gasteiger partial charge in [-0.25, -0.2) is 0 Å². The lowest BCUT2D eigenvalue weighted by molar-refractivity contribution is -0.136. The first-order chi connectivity index (χ1) is 8.19. The summed E-state index contributed by atoms with van der Waals surface area (Å²) in [4.78, 5) is 10.7. The number of benzene rings is 1. The smallest absolute Gasteiger partial charge is 0.307 e. The number of carboxylic acid groups (broad SMARTS) is 1. The Kier molecular flexibility index (Phi) is 3.47. The van der Waals surface area contributed by atoms with Crippen molar-refractivity contribution >= 4 is 12.0 Å². The Balaban J connectivity index is 2.31. The molecule has 0 radical (unpaired) electrons. The van der Waals surface area contributed by atoms with Gasteiger partial charge in [-0.05, 0) is 42.5 Å². The monoisotopic (exact) mass is 232 g/mol. The first kappa shape index (κ1) is 11.7. The molecule has 0 amide bonds. The number of carboxylic acids is 1. The normalized spacial score (nSPS) is 14.5. The quantitative estimate of drug-likeness (QED) is 0.871. The third-order valence-corrected chi connectivity index (χ3v) is 3.03. The highest BCUT2D eigenvalue weighted by molar-refractivity contribution is 5.73. The number of hydrogen-bond donors (Lipinski definition) is 1. The molecule has 0 spiro atoms. The second-order valence-corrected chi connectivity index (χ2v) is 4.29. The minimum Gasteiger partial charge on any atom is -0.497 e. The van der Waals surface area contributed by atoms with Crippen LogP contribution in [0, 0.1) is 0 Å². The van der Waals surface area contributed by atoms with E-state index in [1.54, 1.807) is 7.11 Å². The van der Waals surface area contributed by atoms with Crippen LogP contribution in [0.15, 0.2) is 23.8 Å². The van der Waals surface area contributed by atoms with Gasteiger partial charge in [0.1, 0.15) is 5.75 Å². The maximum Gasteiger partial charge on any atom is 0.307 e. The molecule has 0 unspecified atom stereocenters. The van der Waals surface area contributed by atoms with Gasteiger partial charge in [-0.1, -0.05) is 17.7 Å². The number of rotatable bonds is 3. The Morgan fingerprint density at radius 1 is 1.41 bits per heavy atom. The molecule has 0 atom stereocenters. The number of carbonyl (C=O) groups is 1. The average molecular weight is 232 g/mol. The fraction of sp³-hybridized carbons (Fsp3) is 0.357. The highest BCUT2D eigenvalue weighted by atomic mass is 16.5. The molecule has 0 heterocycles. The summed E-state index contributed by atoms with van der Waals surface area (Å²) in [5.41, 5.74) is 3.37. The highest BCUT2D eigenvalue weighted by Crippen LogP contribution is 2.27. The number of fused-ring (bicyclic) bond motifs is 1. The minimum absolute atomic E-state index is 0.144. The van der Waals surface area contributed by atoms with E-state index in [0.29, 0.717) is 0 Å². The predicted molar refractivity (Wildman–Crippen MR) is 66.2 cm³/mol. The van der Waals surface area contributed by atoms with Gasteiger partial charge in [-0.2, -0.15) is 0 Å². The summed E-state index contributed by atoms with van der Waals surface area (Å²) in [5.74, 6) is 0.104. The molecule has 1 N–H and O–H groups in total. The van der Waals surface area contributed by atoms with E-state index in [0.717, 1.165) is 36.1 Å². The van der Waals surface area contributed by atoms with Gasteiger partial charge in [-0.3, -0.25) is 4.79 Å². The van der Waals surface area contributed by atoms with E-state index < -0.39 is 5.97 Å². The SMILES string of the molecule is COc1ccc2c(c1)CCCC(CC(=O)O)=C2. The Labute approximate surface area is 101 Å². The molecular weight excluding hydrogens is 216 g/mol. The lowest BCUT2D eigenvalue weighted by atomic mass is 10.0. The Morgan fingerprint density at radius 2 is 2.24 bits per heavy atom. The molecule has 0 bridgehead atoms. The summed E-state index contributed by atoms with van der Waals surface area (Å²) in [7, 11) is 1.66. The van der Waals surface area contributed by atoms with E-state index in [-0.39, 0.29) is 6.42 Å². The summed E-state index contributed by atoms with van der Waals surface area (Å²) in [6.45, 7) is 0. The van der Waals surface area contributed by atoms with Crippen LogP contribution in [0.2, 0.25) is 0 Å². The third-order valence-electron chi connectivity index (χ3n) is 3.03. The van der Waals surface area contributed by atoms with Crippen LogP contribution < -0.4 is 4.74 Å². The van der Waals surface area contributed by atoms with Crippen molar-refractivity contribution in [2.45, 2.75) is 25.7 Å². The molecule has 1 aliphatic rings. The van der Waals surface area contributed by atoms with Crippen molar-refractivity contribution in [1.82, 2.24) is 0 Å². The van der Waals surface area contributed by atoms with Crippen molar-refractivity contribution in [1.29, 1.82) is 0 Å². The van der Waals surface area contributed by atoms with Gasteiger partial charge in [0.25, 0.3) is 0 Å². The molecule has 0 saturated heterocycles. The maximum absolute atomic E-state index is 10.7. The molecule has 1 aliphatic carbocycles. The summed E-state index contributed by atoms with van der Waals surface area (Å²) in [5, 5.41) is 8.83. The van der Waals surface area contributed by atoms with Crippen molar-refractivity contribution in [3.8, 4) is 5.75 Å². The van der Waals surface area contributed by atoms with Crippen LogP contribution in [0.25, 0.3) is 6.08 Å². The van der Waals surface area contributed by atoms with Gasteiger partial charge in [-0.15, -0.1) is 0 Å². The lowest BCUT2D eigenvalue weighted by Gasteiger charge is -2.06. The number of ether oxygens (including phenoxy) is 1. The van der Waals surface area contributed by atoms with Gasteiger partial charge in [0, 0.05) is 0 Å². The standard InChI is InChI=1S/C14H16O3/c1-17-13-6-5-12-7-10(8-14(15)16)3-2-4-11(12)9-13/h5-7,9H,2-4,8H2,1H3,(H,15,16). The van der Waals surface area contributed by atoms with Crippen LogP contribution in [0.4, 0.5) is 0 Å². The molecular formula is C14H16O3. The summed E-state index contributed by atoms with van der Waals surface area (Å²) in [6, 6.07) is 5.95. The molecule has 0 aliphatic heterocycles. The van der Waals surface area contributed by atoms with Gasteiger partial charge in [0.2, 0.25) is 0 Å². The topological polar surface area (TPSA) is 46.5 Å². The summed E-state index contributed by atoms with van der Waals surface area (Å²) in [6.07, 6.45) is 5.00. The first-order valence-electron chi connectivity index (χ1n) is 5.77. The zero-order valence-corrected chi connectivity index (χ0v) is 9.90. The van der Waals surface area contributed by atoms with Crippen molar-refractivity contribution in [2.75, 3.05) is 7.11 Å². The molecule has 2 rings (SSSR count). The van der Waals surface area contributed by atoms with Crippen LogP contribution >= 0.6 is 0 Å². The fourth-order valence-electron chi connectivity index (χ4n) is 2.20. The van der Waals surface area contributed by atoms with Crippen LogP contribution in [0.1, 0.15) is 30.4 Å². The van der Waals surface area contributed by atoms with E-state index in [1.165, 1.54) is 5.56 Å². The maximum atomic E-state index is 10.7. The van der Waals surface area contributed by atoms with Gasteiger partial charge in [0.05, 0.1) is 13.5 Å². The molecule has 90 valence electrons. The molecule has 0 aromatic heterocycles. The van der Waals surface area contributed by atoms with Crippen LogP contribution in [-0.4, -0.2) is 18.2 Å². The first-order valence-corrected chi connectivity index (χ1v) is 5.77. The molecule has 1 aromatic carbocycles. The number of hydrogen-bond acceptors (Lipinski definition) is 2. The fourth-order valence-corrected chi connectivity index (χ4v) is 2.20. The van der Waals surface area contributed by atoms with E-state index in [4.69, 9.17) is 9.84 Å². The van der Waals surface area contributed by atoms with Crippen molar-refractivity contribution in [3.63, 3.8) is 0 Å².